The number of aliphatic hydroxyl groups is 1. The first-order chi connectivity index (χ1) is 8.79. The summed E-state index contributed by atoms with van der Waals surface area (Å²) in [5.41, 5.74) is 2.05. The topological polar surface area (TPSA) is 49.3 Å². The molecule has 1 aromatic carbocycles. The van der Waals surface area contributed by atoms with Crippen LogP contribution in [0.1, 0.15) is 38.3 Å². The van der Waals surface area contributed by atoms with Crippen LogP contribution in [0.15, 0.2) is 24.3 Å². The van der Waals surface area contributed by atoms with Gasteiger partial charge in [0.2, 0.25) is 5.91 Å². The molecule has 2 N–H and O–H groups in total. The largest absolute Gasteiger partial charge is 0.393 e. The van der Waals surface area contributed by atoms with Crippen LogP contribution in [0.4, 0.5) is 0 Å². The second-order valence-electron chi connectivity index (χ2n) is 6.19. The summed E-state index contributed by atoms with van der Waals surface area (Å²) in [4.78, 5) is 11.8. The van der Waals surface area contributed by atoms with Crippen molar-refractivity contribution in [3.05, 3.63) is 35.4 Å². The summed E-state index contributed by atoms with van der Waals surface area (Å²) in [6.45, 7) is 8.51. The number of carbonyl (C=O) groups is 1. The lowest BCUT2D eigenvalue weighted by atomic mass is 9.87. The highest BCUT2D eigenvalue weighted by atomic mass is 16.3. The van der Waals surface area contributed by atoms with Crippen LogP contribution >= 0.6 is 0 Å². The summed E-state index contributed by atoms with van der Waals surface area (Å²) >= 11 is 0. The average Bonchev–Trinajstić information content (AvgIpc) is 2.27. The summed E-state index contributed by atoms with van der Waals surface area (Å²) < 4.78 is 0. The molecular formula is C16H25NO2. The van der Waals surface area contributed by atoms with Crippen LogP contribution in [-0.2, 0) is 11.2 Å². The first-order valence-corrected chi connectivity index (χ1v) is 6.79. The number of carbonyl (C=O) groups excluding carboxylic acids is 1. The smallest absolute Gasteiger partial charge is 0.224 e. The van der Waals surface area contributed by atoms with E-state index >= 15 is 0 Å². The quantitative estimate of drug-likeness (QED) is 0.857. The van der Waals surface area contributed by atoms with Crippen molar-refractivity contribution in [1.29, 1.82) is 0 Å². The Balaban J connectivity index is 2.33. The van der Waals surface area contributed by atoms with Crippen LogP contribution in [0.2, 0.25) is 0 Å². The molecule has 3 heteroatoms. The van der Waals surface area contributed by atoms with Gasteiger partial charge in [-0.3, -0.25) is 4.79 Å². The Bertz CT molecular complexity index is 421. The van der Waals surface area contributed by atoms with Crippen molar-refractivity contribution < 1.29 is 9.90 Å². The van der Waals surface area contributed by atoms with E-state index in [-0.39, 0.29) is 11.3 Å². The van der Waals surface area contributed by atoms with E-state index in [2.05, 4.69) is 5.32 Å². The fraction of sp³-hybridized carbons (Fsp3) is 0.562. The van der Waals surface area contributed by atoms with Gasteiger partial charge in [-0.2, -0.15) is 0 Å². The van der Waals surface area contributed by atoms with Crippen LogP contribution in [0.3, 0.4) is 0 Å². The SMILES string of the molecule is Cc1cccc(CC(=O)NCC[C@@H](O)C(C)(C)C)c1. The summed E-state index contributed by atoms with van der Waals surface area (Å²) in [6.07, 6.45) is 0.586. The van der Waals surface area contributed by atoms with Crippen LogP contribution in [-0.4, -0.2) is 23.7 Å². The number of aryl methyl sites for hydroxylation is 1. The van der Waals surface area contributed by atoms with Crippen molar-refractivity contribution in [2.45, 2.75) is 46.6 Å². The van der Waals surface area contributed by atoms with Crippen LogP contribution in [0.25, 0.3) is 0 Å². The van der Waals surface area contributed by atoms with Gasteiger partial charge in [-0.15, -0.1) is 0 Å². The number of hydrogen-bond acceptors (Lipinski definition) is 2. The predicted octanol–water partition coefficient (Wildman–Crippen LogP) is 2.45. The molecule has 0 aromatic heterocycles. The third-order valence-electron chi connectivity index (χ3n) is 3.19. The number of amides is 1. The maximum atomic E-state index is 11.8. The molecule has 1 amide bonds. The lowest BCUT2D eigenvalue weighted by Crippen LogP contribution is -2.33. The lowest BCUT2D eigenvalue weighted by Gasteiger charge is -2.25. The van der Waals surface area contributed by atoms with Crippen LogP contribution in [0, 0.1) is 12.3 Å². The van der Waals surface area contributed by atoms with Gasteiger partial charge in [-0.25, -0.2) is 0 Å². The zero-order chi connectivity index (χ0) is 14.5. The molecule has 106 valence electrons. The molecule has 1 rings (SSSR count). The van der Waals surface area contributed by atoms with Gasteiger partial charge in [-0.1, -0.05) is 50.6 Å². The Morgan fingerprint density at radius 3 is 2.63 bits per heavy atom. The van der Waals surface area contributed by atoms with Gasteiger partial charge in [0.15, 0.2) is 0 Å². The molecule has 1 aromatic rings. The summed E-state index contributed by atoms with van der Waals surface area (Å²) in [6, 6.07) is 7.95. The Hall–Kier alpha value is -1.35. The molecule has 1 atom stereocenters. The predicted molar refractivity (Wildman–Crippen MR) is 78.0 cm³/mol. The zero-order valence-corrected chi connectivity index (χ0v) is 12.4. The first-order valence-electron chi connectivity index (χ1n) is 6.79. The highest BCUT2D eigenvalue weighted by molar-refractivity contribution is 5.78. The van der Waals surface area contributed by atoms with E-state index in [4.69, 9.17) is 0 Å². The number of nitrogens with one attached hydrogen (secondary N) is 1. The van der Waals surface area contributed by atoms with Crippen molar-refractivity contribution in [2.24, 2.45) is 5.41 Å². The van der Waals surface area contributed by atoms with E-state index in [0.717, 1.165) is 11.1 Å². The second-order valence-corrected chi connectivity index (χ2v) is 6.19. The molecule has 0 heterocycles. The monoisotopic (exact) mass is 263 g/mol. The molecule has 0 saturated carbocycles. The van der Waals surface area contributed by atoms with Gasteiger partial charge >= 0.3 is 0 Å². The standard InChI is InChI=1S/C16H25NO2/c1-12-6-5-7-13(10-12)11-15(19)17-9-8-14(18)16(2,3)4/h5-7,10,14,18H,8-9,11H2,1-4H3,(H,17,19)/t14-/m1/s1. The Kier molecular flexibility index (Phi) is 5.55. The second kappa shape index (κ2) is 6.71. The number of rotatable bonds is 5. The fourth-order valence-electron chi connectivity index (χ4n) is 1.85. The molecule has 3 nitrogen and oxygen atoms in total. The summed E-state index contributed by atoms with van der Waals surface area (Å²) in [7, 11) is 0. The number of aliphatic hydroxyl groups excluding tert-OH is 1. The minimum absolute atomic E-state index is 0.00621. The van der Waals surface area contributed by atoms with E-state index in [1.165, 1.54) is 0 Å². The van der Waals surface area contributed by atoms with E-state index in [1.807, 2.05) is 52.0 Å². The molecule has 19 heavy (non-hydrogen) atoms. The fourth-order valence-corrected chi connectivity index (χ4v) is 1.85. The lowest BCUT2D eigenvalue weighted by molar-refractivity contribution is -0.120. The average molecular weight is 263 g/mol. The van der Waals surface area contributed by atoms with Gasteiger partial charge < -0.3 is 10.4 Å². The Labute approximate surface area is 116 Å². The summed E-state index contributed by atoms with van der Waals surface area (Å²) in [5, 5.41) is 12.7. The molecular weight excluding hydrogens is 238 g/mol. The molecule has 0 aliphatic carbocycles. The van der Waals surface area contributed by atoms with E-state index in [0.29, 0.717) is 19.4 Å². The van der Waals surface area contributed by atoms with Crippen molar-refractivity contribution in [3.8, 4) is 0 Å². The molecule has 0 unspecified atom stereocenters. The van der Waals surface area contributed by atoms with Crippen molar-refractivity contribution in [3.63, 3.8) is 0 Å². The maximum absolute atomic E-state index is 11.8. The molecule has 0 bridgehead atoms. The van der Waals surface area contributed by atoms with Gasteiger partial charge in [0, 0.05) is 6.54 Å². The molecule has 0 aliphatic rings. The summed E-state index contributed by atoms with van der Waals surface area (Å²) in [5.74, 6) is 0.00621. The molecule has 0 radical (unpaired) electrons. The van der Waals surface area contributed by atoms with Crippen molar-refractivity contribution in [2.75, 3.05) is 6.54 Å². The van der Waals surface area contributed by atoms with E-state index < -0.39 is 6.10 Å². The van der Waals surface area contributed by atoms with Crippen LogP contribution < -0.4 is 5.32 Å². The zero-order valence-electron chi connectivity index (χ0n) is 12.4. The Morgan fingerprint density at radius 1 is 1.37 bits per heavy atom. The first kappa shape index (κ1) is 15.7. The van der Waals surface area contributed by atoms with E-state index in [9.17, 15) is 9.90 Å². The van der Waals surface area contributed by atoms with Gasteiger partial charge in [0.25, 0.3) is 0 Å². The molecule has 0 fully saturated rings. The molecule has 0 spiro atoms. The van der Waals surface area contributed by atoms with Gasteiger partial charge in [-0.05, 0) is 24.3 Å². The van der Waals surface area contributed by atoms with Crippen LogP contribution in [0.5, 0.6) is 0 Å². The highest BCUT2D eigenvalue weighted by Crippen LogP contribution is 2.20. The number of benzene rings is 1. The number of hydrogen-bond donors (Lipinski definition) is 2. The molecule has 0 saturated heterocycles. The van der Waals surface area contributed by atoms with E-state index in [1.54, 1.807) is 0 Å². The Morgan fingerprint density at radius 2 is 2.05 bits per heavy atom. The van der Waals surface area contributed by atoms with Crippen molar-refractivity contribution >= 4 is 5.91 Å². The minimum Gasteiger partial charge on any atom is -0.393 e. The highest BCUT2D eigenvalue weighted by Gasteiger charge is 2.21. The van der Waals surface area contributed by atoms with Gasteiger partial charge in [0.1, 0.15) is 0 Å². The minimum atomic E-state index is -0.397. The molecule has 0 aliphatic heterocycles. The normalized spacial score (nSPS) is 13.1. The van der Waals surface area contributed by atoms with Crippen molar-refractivity contribution in [1.82, 2.24) is 5.32 Å². The third kappa shape index (κ3) is 5.88. The maximum Gasteiger partial charge on any atom is 0.224 e. The third-order valence-corrected chi connectivity index (χ3v) is 3.19. The van der Waals surface area contributed by atoms with Gasteiger partial charge in [0.05, 0.1) is 12.5 Å².